The van der Waals surface area contributed by atoms with Crippen molar-refractivity contribution in [3.63, 3.8) is 0 Å². The van der Waals surface area contributed by atoms with E-state index in [0.717, 1.165) is 18.6 Å². The van der Waals surface area contributed by atoms with E-state index < -0.39 is 0 Å². The van der Waals surface area contributed by atoms with Gasteiger partial charge in [-0.2, -0.15) is 0 Å². The van der Waals surface area contributed by atoms with Crippen molar-refractivity contribution in [3.8, 4) is 5.75 Å². The van der Waals surface area contributed by atoms with Gasteiger partial charge < -0.3 is 4.74 Å². The van der Waals surface area contributed by atoms with Crippen LogP contribution in [0, 0.1) is 6.08 Å². The molecule has 0 unspecified atom stereocenters. The predicted octanol–water partition coefficient (Wildman–Crippen LogP) is 3.88. The maximum Gasteiger partial charge on any atom is 0.119 e. The molecule has 3 rings (SSSR count). The second-order valence-corrected chi connectivity index (χ2v) is 4.49. The highest BCUT2D eigenvalue weighted by molar-refractivity contribution is 5.69. The number of methoxy groups -OCH3 is 1. The first-order valence-electron chi connectivity index (χ1n) is 6.22. The topological polar surface area (TPSA) is 9.23 Å². The molecule has 1 heteroatoms. The minimum absolute atomic E-state index is 0.929. The lowest BCUT2D eigenvalue weighted by molar-refractivity contribution is 0.414. The molecular formula is C17H15O. The normalized spacial score (nSPS) is 13.7. The van der Waals surface area contributed by atoms with E-state index in [1.807, 2.05) is 12.1 Å². The molecule has 1 nitrogen and oxygen atoms in total. The van der Waals surface area contributed by atoms with Gasteiger partial charge in [-0.1, -0.05) is 36.4 Å². The Labute approximate surface area is 108 Å². The minimum atomic E-state index is 0.929. The average Bonchev–Trinajstić information content (AvgIpc) is 2.47. The van der Waals surface area contributed by atoms with Crippen molar-refractivity contribution in [2.75, 3.05) is 7.11 Å². The average molecular weight is 235 g/mol. The van der Waals surface area contributed by atoms with E-state index in [-0.39, 0.29) is 0 Å². The molecule has 0 aromatic heterocycles. The molecule has 0 atom stereocenters. The smallest absolute Gasteiger partial charge is 0.119 e. The molecule has 0 saturated heterocycles. The molecule has 2 aromatic carbocycles. The van der Waals surface area contributed by atoms with Crippen molar-refractivity contribution in [1.82, 2.24) is 0 Å². The summed E-state index contributed by atoms with van der Waals surface area (Å²) in [6.07, 6.45) is 5.63. The fourth-order valence-corrected chi connectivity index (χ4v) is 2.37. The molecule has 18 heavy (non-hydrogen) atoms. The molecule has 1 aliphatic carbocycles. The molecule has 0 heterocycles. The van der Waals surface area contributed by atoms with Gasteiger partial charge in [0.25, 0.3) is 0 Å². The maximum absolute atomic E-state index is 5.26. The quantitative estimate of drug-likeness (QED) is 0.767. The Morgan fingerprint density at radius 2 is 1.83 bits per heavy atom. The van der Waals surface area contributed by atoms with Crippen LogP contribution in [-0.2, 0) is 6.42 Å². The number of aryl methyl sites for hydroxylation is 1. The van der Waals surface area contributed by atoms with Crippen LogP contribution in [0.3, 0.4) is 0 Å². The Bertz CT molecular complexity index is 582. The second-order valence-electron chi connectivity index (χ2n) is 4.49. The van der Waals surface area contributed by atoms with E-state index >= 15 is 0 Å². The molecule has 0 spiro atoms. The van der Waals surface area contributed by atoms with E-state index in [0.29, 0.717) is 0 Å². The number of allylic oxidation sites excluding steroid dienone is 1. The van der Waals surface area contributed by atoms with Crippen molar-refractivity contribution in [3.05, 3.63) is 71.3 Å². The minimum Gasteiger partial charge on any atom is -0.497 e. The van der Waals surface area contributed by atoms with Crippen LogP contribution in [0.4, 0.5) is 0 Å². The summed E-state index contributed by atoms with van der Waals surface area (Å²) in [5, 5.41) is 0. The SMILES string of the molecule is COc1ccc2c(c1)CCC(c1ccccc1)=[C]2. The van der Waals surface area contributed by atoms with Gasteiger partial charge in [0.2, 0.25) is 0 Å². The van der Waals surface area contributed by atoms with Crippen LogP contribution < -0.4 is 4.74 Å². The third-order valence-corrected chi connectivity index (χ3v) is 3.36. The maximum atomic E-state index is 5.26. The van der Waals surface area contributed by atoms with E-state index in [4.69, 9.17) is 4.74 Å². The molecule has 0 aliphatic heterocycles. The zero-order valence-electron chi connectivity index (χ0n) is 10.4. The fourth-order valence-electron chi connectivity index (χ4n) is 2.37. The molecule has 0 N–H and O–H groups in total. The summed E-state index contributed by atoms with van der Waals surface area (Å²) in [4.78, 5) is 0. The summed E-state index contributed by atoms with van der Waals surface area (Å²) in [7, 11) is 1.71. The van der Waals surface area contributed by atoms with Gasteiger partial charge in [-0.05, 0) is 53.3 Å². The molecule has 0 bridgehead atoms. The summed E-state index contributed by atoms with van der Waals surface area (Å²) in [5.74, 6) is 0.929. The molecule has 2 aromatic rings. The Kier molecular flexibility index (Phi) is 2.89. The van der Waals surface area contributed by atoms with Crippen LogP contribution >= 0.6 is 0 Å². The van der Waals surface area contributed by atoms with Crippen LogP contribution in [0.15, 0.2) is 48.5 Å². The molecule has 1 aliphatic rings. The number of hydrogen-bond acceptors (Lipinski definition) is 1. The Morgan fingerprint density at radius 1 is 1.00 bits per heavy atom. The lowest BCUT2D eigenvalue weighted by Crippen LogP contribution is -2.01. The van der Waals surface area contributed by atoms with Gasteiger partial charge in [0.15, 0.2) is 0 Å². The summed E-state index contributed by atoms with van der Waals surface area (Å²) in [5.41, 5.74) is 5.10. The number of ether oxygens (including phenoxy) is 1. The van der Waals surface area contributed by atoms with Crippen molar-refractivity contribution < 1.29 is 4.74 Å². The summed E-state index contributed by atoms with van der Waals surface area (Å²) in [6.45, 7) is 0. The van der Waals surface area contributed by atoms with Gasteiger partial charge in [0, 0.05) is 0 Å². The lowest BCUT2D eigenvalue weighted by Gasteiger charge is -2.17. The molecule has 1 radical (unpaired) electrons. The number of benzene rings is 2. The molecule has 0 saturated carbocycles. The molecule has 0 amide bonds. The highest BCUT2D eigenvalue weighted by Gasteiger charge is 2.12. The number of fused-ring (bicyclic) bond motifs is 1. The molecule has 0 fully saturated rings. The first kappa shape index (κ1) is 11.1. The highest BCUT2D eigenvalue weighted by atomic mass is 16.5. The van der Waals surface area contributed by atoms with E-state index in [9.17, 15) is 0 Å². The summed E-state index contributed by atoms with van der Waals surface area (Å²) >= 11 is 0. The van der Waals surface area contributed by atoms with Gasteiger partial charge >= 0.3 is 0 Å². The van der Waals surface area contributed by atoms with Crippen LogP contribution in [0.25, 0.3) is 5.57 Å². The monoisotopic (exact) mass is 235 g/mol. The largest absolute Gasteiger partial charge is 0.497 e. The van der Waals surface area contributed by atoms with E-state index in [1.165, 1.54) is 22.3 Å². The van der Waals surface area contributed by atoms with Gasteiger partial charge in [-0.15, -0.1) is 0 Å². The fraction of sp³-hybridized carbons (Fsp3) is 0.176. The molecular weight excluding hydrogens is 220 g/mol. The Balaban J connectivity index is 1.99. The summed E-state index contributed by atoms with van der Waals surface area (Å²) < 4.78 is 5.26. The Hall–Kier alpha value is -2.02. The number of hydrogen-bond donors (Lipinski definition) is 0. The van der Waals surface area contributed by atoms with Crippen molar-refractivity contribution >= 4 is 5.57 Å². The first-order valence-corrected chi connectivity index (χ1v) is 6.22. The van der Waals surface area contributed by atoms with Crippen molar-refractivity contribution in [2.24, 2.45) is 0 Å². The third kappa shape index (κ3) is 2.04. The van der Waals surface area contributed by atoms with Crippen molar-refractivity contribution in [1.29, 1.82) is 0 Å². The van der Waals surface area contributed by atoms with Gasteiger partial charge in [0.05, 0.1) is 7.11 Å². The van der Waals surface area contributed by atoms with E-state index in [2.05, 4.69) is 42.5 Å². The predicted molar refractivity (Wildman–Crippen MR) is 73.5 cm³/mol. The standard InChI is InChI=1S/C17H15O/c1-18-17-10-9-15-11-14(7-8-16(15)12-17)13-5-3-2-4-6-13/h2-6,9-10,12H,7-8H2,1H3. The van der Waals surface area contributed by atoms with Gasteiger partial charge in [0.1, 0.15) is 5.75 Å². The van der Waals surface area contributed by atoms with Crippen LogP contribution in [0.2, 0.25) is 0 Å². The highest BCUT2D eigenvalue weighted by Crippen LogP contribution is 2.30. The number of rotatable bonds is 2. The zero-order valence-corrected chi connectivity index (χ0v) is 10.4. The summed E-state index contributed by atoms with van der Waals surface area (Å²) in [6, 6.07) is 16.7. The van der Waals surface area contributed by atoms with Crippen molar-refractivity contribution in [2.45, 2.75) is 12.8 Å². The zero-order chi connectivity index (χ0) is 12.4. The first-order chi connectivity index (χ1) is 8.86. The van der Waals surface area contributed by atoms with E-state index in [1.54, 1.807) is 7.11 Å². The van der Waals surface area contributed by atoms with Gasteiger partial charge in [-0.25, -0.2) is 0 Å². The lowest BCUT2D eigenvalue weighted by atomic mass is 9.89. The Morgan fingerprint density at radius 3 is 2.61 bits per heavy atom. The van der Waals surface area contributed by atoms with Crippen LogP contribution in [0.1, 0.15) is 23.1 Å². The van der Waals surface area contributed by atoms with Crippen LogP contribution in [-0.4, -0.2) is 7.11 Å². The third-order valence-electron chi connectivity index (χ3n) is 3.36. The molecule has 89 valence electrons. The van der Waals surface area contributed by atoms with Crippen LogP contribution in [0.5, 0.6) is 5.75 Å². The van der Waals surface area contributed by atoms with Gasteiger partial charge in [-0.3, -0.25) is 0 Å². The second kappa shape index (κ2) is 4.69.